The van der Waals surface area contributed by atoms with Crippen molar-refractivity contribution in [3.8, 4) is 11.5 Å². The maximum absolute atomic E-state index is 8.66. The standard InChI is InChI=1S/C22H24BN5O/c23-28-12-4-5-17(28)13-26-22-20(14-25-15-27-22)21(24)16-8-10-19(11-9-16)29-18-6-2-1-3-7-18/h1-3,6-11,14-15,17,24H,4-5,12-13,23H2,(H,25,26,27)/t17-/m1/s1. The number of nitrogens with one attached hydrogen (secondary N) is 2. The highest BCUT2D eigenvalue weighted by Gasteiger charge is 2.21. The highest BCUT2D eigenvalue weighted by Crippen LogP contribution is 2.23. The smallest absolute Gasteiger partial charge is 0.185 e. The second-order valence-electron chi connectivity index (χ2n) is 7.26. The van der Waals surface area contributed by atoms with Crippen LogP contribution in [0.4, 0.5) is 5.82 Å². The van der Waals surface area contributed by atoms with Gasteiger partial charge in [-0.15, -0.1) is 0 Å². The van der Waals surface area contributed by atoms with E-state index in [4.69, 9.17) is 10.1 Å². The van der Waals surface area contributed by atoms with Crippen LogP contribution in [0.1, 0.15) is 24.0 Å². The van der Waals surface area contributed by atoms with E-state index in [9.17, 15) is 0 Å². The van der Waals surface area contributed by atoms with Gasteiger partial charge in [-0.25, -0.2) is 9.97 Å². The minimum absolute atomic E-state index is 0.388. The van der Waals surface area contributed by atoms with Gasteiger partial charge in [-0.3, -0.25) is 5.41 Å². The number of nitrogens with zero attached hydrogens (tertiary/aromatic N) is 3. The molecular weight excluding hydrogens is 361 g/mol. The SMILES string of the molecule is BN1CCC[C@@H]1CNc1ncncc1C(=N)c1ccc(Oc2ccccc2)cc1. The van der Waals surface area contributed by atoms with Gasteiger partial charge in [0.1, 0.15) is 23.6 Å². The van der Waals surface area contributed by atoms with Crippen molar-refractivity contribution in [2.45, 2.75) is 18.9 Å². The van der Waals surface area contributed by atoms with E-state index in [-0.39, 0.29) is 0 Å². The Morgan fingerprint density at radius 3 is 2.62 bits per heavy atom. The molecule has 0 aliphatic carbocycles. The molecule has 0 amide bonds. The molecule has 0 spiro atoms. The predicted molar refractivity (Wildman–Crippen MR) is 118 cm³/mol. The normalized spacial score (nSPS) is 16.5. The van der Waals surface area contributed by atoms with E-state index in [1.165, 1.54) is 19.2 Å². The molecule has 4 rings (SSSR count). The molecule has 3 aromatic rings. The van der Waals surface area contributed by atoms with Crippen molar-refractivity contribution in [3.05, 3.63) is 78.2 Å². The summed E-state index contributed by atoms with van der Waals surface area (Å²) in [6.07, 6.45) is 5.63. The fraction of sp³-hybridized carbons (Fsp3) is 0.227. The third-order valence-corrected chi connectivity index (χ3v) is 5.28. The lowest BCUT2D eigenvalue weighted by Gasteiger charge is -2.21. The maximum atomic E-state index is 8.66. The number of benzene rings is 2. The molecule has 2 N–H and O–H groups in total. The highest BCUT2D eigenvalue weighted by molar-refractivity contribution is 6.13. The van der Waals surface area contributed by atoms with Crippen LogP contribution in [0.3, 0.4) is 0 Å². The Morgan fingerprint density at radius 2 is 1.90 bits per heavy atom. The maximum Gasteiger partial charge on any atom is 0.185 e. The molecule has 0 radical (unpaired) electrons. The third kappa shape index (κ3) is 4.63. The lowest BCUT2D eigenvalue weighted by molar-refractivity contribution is 0.435. The average molecular weight is 385 g/mol. The van der Waals surface area contributed by atoms with Gasteiger partial charge in [-0.2, -0.15) is 0 Å². The summed E-state index contributed by atoms with van der Waals surface area (Å²) in [5, 5.41) is 12.1. The Morgan fingerprint density at radius 1 is 1.14 bits per heavy atom. The highest BCUT2D eigenvalue weighted by atomic mass is 16.5. The fourth-order valence-corrected chi connectivity index (χ4v) is 3.57. The van der Waals surface area contributed by atoms with Crippen molar-refractivity contribution in [1.82, 2.24) is 14.8 Å². The molecule has 7 heteroatoms. The fourth-order valence-electron chi connectivity index (χ4n) is 3.57. The summed E-state index contributed by atoms with van der Waals surface area (Å²) >= 11 is 0. The molecule has 146 valence electrons. The van der Waals surface area contributed by atoms with Crippen LogP contribution < -0.4 is 10.1 Å². The molecule has 0 unspecified atom stereocenters. The van der Waals surface area contributed by atoms with E-state index in [0.717, 1.165) is 30.2 Å². The van der Waals surface area contributed by atoms with Crippen LogP contribution in [0.15, 0.2) is 67.1 Å². The first-order chi connectivity index (χ1) is 14.2. The quantitative estimate of drug-likeness (QED) is 0.483. The number of hydrogen-bond acceptors (Lipinski definition) is 6. The van der Waals surface area contributed by atoms with Gasteiger partial charge in [0.25, 0.3) is 0 Å². The second kappa shape index (κ2) is 8.88. The van der Waals surface area contributed by atoms with Gasteiger partial charge in [0.05, 0.1) is 11.3 Å². The number of anilines is 1. The largest absolute Gasteiger partial charge is 0.457 e. The van der Waals surface area contributed by atoms with Gasteiger partial charge in [0.15, 0.2) is 7.98 Å². The van der Waals surface area contributed by atoms with E-state index in [0.29, 0.717) is 23.1 Å². The zero-order valence-corrected chi connectivity index (χ0v) is 16.5. The summed E-state index contributed by atoms with van der Waals surface area (Å²) in [4.78, 5) is 10.9. The van der Waals surface area contributed by atoms with E-state index in [1.54, 1.807) is 6.20 Å². The summed E-state index contributed by atoms with van der Waals surface area (Å²) in [6.45, 7) is 1.95. The van der Waals surface area contributed by atoms with Crippen molar-refractivity contribution < 1.29 is 4.74 Å². The number of aromatic nitrogens is 2. The molecule has 1 aliphatic rings. The van der Waals surface area contributed by atoms with Crippen molar-refractivity contribution in [3.63, 3.8) is 0 Å². The summed E-state index contributed by atoms with van der Waals surface area (Å²) < 4.78 is 5.84. The molecule has 1 saturated heterocycles. The molecular formula is C22H24BN5O. The Hall–Kier alpha value is -3.19. The van der Waals surface area contributed by atoms with Crippen LogP contribution in [0.5, 0.6) is 11.5 Å². The van der Waals surface area contributed by atoms with Gasteiger partial charge >= 0.3 is 0 Å². The van der Waals surface area contributed by atoms with Crippen LogP contribution in [0, 0.1) is 5.41 Å². The first-order valence-corrected chi connectivity index (χ1v) is 9.87. The first kappa shape index (κ1) is 19.1. The minimum Gasteiger partial charge on any atom is -0.457 e. The lowest BCUT2D eigenvalue weighted by atomic mass is 10.0. The summed E-state index contributed by atoms with van der Waals surface area (Å²) in [6, 6.07) is 17.7. The monoisotopic (exact) mass is 385 g/mol. The first-order valence-electron chi connectivity index (χ1n) is 9.87. The molecule has 2 heterocycles. The van der Waals surface area contributed by atoms with Crippen molar-refractivity contribution in [1.29, 1.82) is 5.41 Å². The predicted octanol–water partition coefficient (Wildman–Crippen LogP) is 3.11. The van der Waals surface area contributed by atoms with Crippen molar-refractivity contribution in [2.24, 2.45) is 0 Å². The van der Waals surface area contributed by atoms with Gasteiger partial charge in [-0.05, 0) is 55.8 Å². The molecule has 2 aromatic carbocycles. The molecule has 29 heavy (non-hydrogen) atoms. The third-order valence-electron chi connectivity index (χ3n) is 5.28. The second-order valence-corrected chi connectivity index (χ2v) is 7.26. The van der Waals surface area contributed by atoms with Crippen LogP contribution >= 0.6 is 0 Å². The molecule has 1 atom stereocenters. The topological polar surface area (TPSA) is 74.1 Å². The summed E-state index contributed by atoms with van der Waals surface area (Å²) in [7, 11) is 2.15. The minimum atomic E-state index is 0.388. The van der Waals surface area contributed by atoms with E-state index in [2.05, 4.69) is 28.1 Å². The van der Waals surface area contributed by atoms with Crippen LogP contribution in [-0.2, 0) is 0 Å². The van der Waals surface area contributed by atoms with Crippen LogP contribution in [-0.4, -0.2) is 47.6 Å². The number of hydrogen-bond donors (Lipinski definition) is 2. The zero-order valence-electron chi connectivity index (χ0n) is 16.5. The van der Waals surface area contributed by atoms with Gasteiger partial charge in [0.2, 0.25) is 0 Å². The molecule has 0 saturated carbocycles. The average Bonchev–Trinajstić information content (AvgIpc) is 3.18. The Labute approximate surface area is 171 Å². The molecule has 1 aromatic heterocycles. The van der Waals surface area contributed by atoms with E-state index in [1.807, 2.05) is 54.6 Å². The van der Waals surface area contributed by atoms with Crippen LogP contribution in [0.25, 0.3) is 0 Å². The Balaban J connectivity index is 1.46. The van der Waals surface area contributed by atoms with E-state index >= 15 is 0 Å². The molecule has 0 bridgehead atoms. The lowest BCUT2D eigenvalue weighted by Crippen LogP contribution is -2.33. The number of rotatable bonds is 7. The van der Waals surface area contributed by atoms with Crippen molar-refractivity contribution >= 4 is 19.5 Å². The van der Waals surface area contributed by atoms with Crippen LogP contribution in [0.2, 0.25) is 0 Å². The Kier molecular flexibility index (Phi) is 5.86. The molecule has 6 nitrogen and oxygen atoms in total. The van der Waals surface area contributed by atoms with E-state index < -0.39 is 0 Å². The summed E-state index contributed by atoms with van der Waals surface area (Å²) in [5.41, 5.74) is 1.88. The number of ether oxygens (including phenoxy) is 1. The zero-order chi connectivity index (χ0) is 20.1. The van der Waals surface area contributed by atoms with Crippen molar-refractivity contribution in [2.75, 3.05) is 18.4 Å². The van der Waals surface area contributed by atoms with Gasteiger partial charge in [0, 0.05) is 24.3 Å². The molecule has 1 aliphatic heterocycles. The summed E-state index contributed by atoms with van der Waals surface area (Å²) in [5.74, 6) is 2.23. The molecule has 1 fully saturated rings. The Bertz CT molecular complexity index is 964. The number of para-hydroxylation sites is 1. The van der Waals surface area contributed by atoms with Gasteiger partial charge < -0.3 is 14.9 Å². The van der Waals surface area contributed by atoms with Gasteiger partial charge in [-0.1, -0.05) is 18.2 Å².